The number of carbonyl (C=O) groups is 2. The third-order valence-electron chi connectivity index (χ3n) is 4.62. The number of thioether (sulfide) groups is 1. The molecule has 3 saturated heterocycles. The van der Waals surface area contributed by atoms with Crippen LogP contribution in [-0.2, 0) is 11.3 Å². The number of nitrogens with one attached hydrogen (secondary N) is 1. The molecule has 0 aromatic heterocycles. The molecule has 3 unspecified atom stereocenters. The Morgan fingerprint density at radius 1 is 1.30 bits per heavy atom. The minimum absolute atomic E-state index is 0.0103. The maximum absolute atomic E-state index is 12.8. The van der Waals surface area contributed by atoms with Crippen molar-refractivity contribution in [1.29, 1.82) is 0 Å². The molecule has 6 nitrogen and oxygen atoms in total. The molecule has 3 atom stereocenters. The molecule has 3 fully saturated rings. The Kier molecular flexibility index (Phi) is 3.66. The molecule has 3 aliphatic rings. The van der Waals surface area contributed by atoms with Crippen LogP contribution < -0.4 is 5.43 Å². The van der Waals surface area contributed by atoms with Crippen LogP contribution in [0.1, 0.15) is 12.0 Å². The molecule has 0 spiro atoms. The predicted octanol–water partition coefficient (Wildman–Crippen LogP) is 1.71. The minimum Gasteiger partial charge on any atom is -0.310 e. The van der Waals surface area contributed by atoms with Crippen molar-refractivity contribution in [2.75, 3.05) is 12.8 Å². The maximum Gasteiger partial charge on any atom is 0.337 e. The van der Waals surface area contributed by atoms with Crippen molar-refractivity contribution in [3.8, 4) is 0 Å². The lowest BCUT2D eigenvalue weighted by atomic mass is 10.1. The zero-order valence-electron chi connectivity index (χ0n) is 12.6. The van der Waals surface area contributed by atoms with E-state index in [4.69, 9.17) is 11.6 Å². The zero-order valence-corrected chi connectivity index (χ0v) is 14.2. The van der Waals surface area contributed by atoms with Gasteiger partial charge in [-0.3, -0.25) is 14.7 Å². The third-order valence-corrected chi connectivity index (χ3v) is 6.21. The predicted molar refractivity (Wildman–Crippen MR) is 88.6 cm³/mol. The summed E-state index contributed by atoms with van der Waals surface area (Å²) < 4.78 is 0. The molecule has 0 aliphatic carbocycles. The van der Waals surface area contributed by atoms with Crippen molar-refractivity contribution >= 4 is 35.3 Å². The summed E-state index contributed by atoms with van der Waals surface area (Å²) in [6, 6.07) is 7.34. The first kappa shape index (κ1) is 15.1. The van der Waals surface area contributed by atoms with Gasteiger partial charge < -0.3 is 4.90 Å². The standard InChI is InChI=1S/C15H17ClN4O2S/c1-18-13(21)12-11(6-7-23-12)20-14(18)17-19(15(20)22)8-9-2-4-10(16)5-3-9/h2-5,11-12,14,17H,6-8H2,1H3. The summed E-state index contributed by atoms with van der Waals surface area (Å²) in [6.45, 7) is 0.440. The number of benzene rings is 1. The number of hydrazine groups is 1. The molecule has 1 N–H and O–H groups in total. The van der Waals surface area contributed by atoms with Gasteiger partial charge in [-0.25, -0.2) is 4.79 Å². The van der Waals surface area contributed by atoms with Crippen molar-refractivity contribution in [3.05, 3.63) is 34.9 Å². The molecule has 3 amide bonds. The van der Waals surface area contributed by atoms with Gasteiger partial charge in [0.15, 0.2) is 6.29 Å². The van der Waals surface area contributed by atoms with Gasteiger partial charge in [-0.05, 0) is 29.9 Å². The van der Waals surface area contributed by atoms with E-state index in [1.807, 2.05) is 29.2 Å². The summed E-state index contributed by atoms with van der Waals surface area (Å²) in [5.41, 5.74) is 4.16. The fourth-order valence-corrected chi connectivity index (χ4v) is 4.96. The number of carbonyl (C=O) groups excluding carboxylic acids is 2. The van der Waals surface area contributed by atoms with Gasteiger partial charge in [0.1, 0.15) is 5.25 Å². The maximum atomic E-state index is 12.8. The number of nitrogens with zero attached hydrogens (tertiary/aromatic N) is 3. The summed E-state index contributed by atoms with van der Waals surface area (Å²) in [5, 5.41) is 2.13. The van der Waals surface area contributed by atoms with Gasteiger partial charge in [0.25, 0.3) is 0 Å². The monoisotopic (exact) mass is 352 g/mol. The van der Waals surface area contributed by atoms with Crippen LogP contribution in [0.15, 0.2) is 24.3 Å². The highest BCUT2D eigenvalue weighted by molar-refractivity contribution is 8.00. The molecule has 3 aliphatic heterocycles. The summed E-state index contributed by atoms with van der Waals surface area (Å²) in [7, 11) is 1.75. The van der Waals surface area contributed by atoms with Gasteiger partial charge in [0.05, 0.1) is 12.6 Å². The smallest absolute Gasteiger partial charge is 0.310 e. The second-order valence-corrected chi connectivity index (χ2v) is 7.69. The largest absolute Gasteiger partial charge is 0.337 e. The quantitative estimate of drug-likeness (QED) is 0.880. The summed E-state index contributed by atoms with van der Waals surface area (Å²) in [4.78, 5) is 28.7. The molecule has 0 saturated carbocycles. The van der Waals surface area contributed by atoms with Crippen molar-refractivity contribution in [1.82, 2.24) is 20.2 Å². The minimum atomic E-state index is -0.387. The van der Waals surface area contributed by atoms with E-state index in [2.05, 4.69) is 5.43 Å². The molecule has 0 bridgehead atoms. The van der Waals surface area contributed by atoms with E-state index >= 15 is 0 Å². The summed E-state index contributed by atoms with van der Waals surface area (Å²) >= 11 is 7.55. The van der Waals surface area contributed by atoms with E-state index in [0.29, 0.717) is 11.6 Å². The Balaban J connectivity index is 1.57. The lowest BCUT2D eigenvalue weighted by Crippen LogP contribution is -2.64. The second-order valence-electron chi connectivity index (χ2n) is 6.00. The highest BCUT2D eigenvalue weighted by Gasteiger charge is 2.54. The van der Waals surface area contributed by atoms with E-state index in [9.17, 15) is 9.59 Å². The highest BCUT2D eigenvalue weighted by Crippen LogP contribution is 2.38. The van der Waals surface area contributed by atoms with Crippen LogP contribution in [0, 0.1) is 0 Å². The number of fused-ring (bicyclic) bond motifs is 3. The van der Waals surface area contributed by atoms with Gasteiger partial charge in [0.2, 0.25) is 5.91 Å². The van der Waals surface area contributed by atoms with Crippen LogP contribution in [-0.4, -0.2) is 57.1 Å². The lowest BCUT2D eigenvalue weighted by molar-refractivity contribution is -0.141. The van der Waals surface area contributed by atoms with E-state index in [0.717, 1.165) is 17.7 Å². The normalized spacial score (nSPS) is 30.0. The Labute approximate surface area is 143 Å². The average Bonchev–Trinajstić information content (AvgIpc) is 3.13. The molecule has 8 heteroatoms. The van der Waals surface area contributed by atoms with Gasteiger partial charge >= 0.3 is 6.03 Å². The second kappa shape index (κ2) is 5.58. The highest BCUT2D eigenvalue weighted by atomic mass is 35.5. The summed E-state index contributed by atoms with van der Waals surface area (Å²) in [6.07, 6.45) is 0.482. The lowest BCUT2D eigenvalue weighted by Gasteiger charge is -2.42. The molecule has 122 valence electrons. The van der Waals surface area contributed by atoms with Gasteiger partial charge in [-0.1, -0.05) is 23.7 Å². The van der Waals surface area contributed by atoms with Crippen molar-refractivity contribution < 1.29 is 9.59 Å². The molecule has 0 radical (unpaired) electrons. The van der Waals surface area contributed by atoms with Crippen LogP contribution >= 0.6 is 23.4 Å². The van der Waals surface area contributed by atoms with Gasteiger partial charge in [0, 0.05) is 12.1 Å². The van der Waals surface area contributed by atoms with E-state index < -0.39 is 0 Å². The average molecular weight is 353 g/mol. The molecule has 1 aromatic carbocycles. The van der Waals surface area contributed by atoms with Gasteiger partial charge in [-0.2, -0.15) is 5.43 Å². The number of hydrogen-bond donors (Lipinski definition) is 1. The van der Waals surface area contributed by atoms with Crippen molar-refractivity contribution in [2.24, 2.45) is 0 Å². The van der Waals surface area contributed by atoms with E-state index in [1.165, 1.54) is 0 Å². The summed E-state index contributed by atoms with van der Waals surface area (Å²) in [5.74, 6) is 1.02. The molecule has 3 heterocycles. The van der Waals surface area contributed by atoms with E-state index in [1.54, 1.807) is 28.7 Å². The molecule has 23 heavy (non-hydrogen) atoms. The van der Waals surface area contributed by atoms with Crippen LogP contribution in [0.3, 0.4) is 0 Å². The Bertz CT molecular complexity index is 655. The number of amides is 3. The van der Waals surface area contributed by atoms with Crippen LogP contribution in [0.25, 0.3) is 0 Å². The fraction of sp³-hybridized carbons (Fsp3) is 0.467. The Morgan fingerprint density at radius 2 is 2.04 bits per heavy atom. The number of rotatable bonds is 2. The fourth-order valence-electron chi connectivity index (χ4n) is 3.40. The topological polar surface area (TPSA) is 55.9 Å². The Hall–Kier alpha value is -1.44. The van der Waals surface area contributed by atoms with Crippen molar-refractivity contribution in [2.45, 2.75) is 30.5 Å². The SMILES string of the molecule is CN1C(=O)C2SCCC2N2C(=O)N(Cc3ccc(Cl)cc3)NC12. The van der Waals surface area contributed by atoms with Crippen LogP contribution in [0.4, 0.5) is 4.79 Å². The first-order valence-electron chi connectivity index (χ1n) is 7.55. The third kappa shape index (κ3) is 2.38. The molecule has 4 rings (SSSR count). The van der Waals surface area contributed by atoms with Crippen LogP contribution in [0.2, 0.25) is 5.02 Å². The van der Waals surface area contributed by atoms with Crippen LogP contribution in [0.5, 0.6) is 0 Å². The first-order chi connectivity index (χ1) is 11.1. The molecule has 1 aromatic rings. The molecular weight excluding hydrogens is 336 g/mol. The van der Waals surface area contributed by atoms with E-state index in [-0.39, 0.29) is 29.5 Å². The van der Waals surface area contributed by atoms with Gasteiger partial charge in [-0.15, -0.1) is 11.8 Å². The number of urea groups is 1. The molecular formula is C15H17ClN4O2S. The zero-order chi connectivity index (χ0) is 16.1. The number of hydrogen-bond acceptors (Lipinski definition) is 4. The Morgan fingerprint density at radius 3 is 2.78 bits per heavy atom. The first-order valence-corrected chi connectivity index (χ1v) is 8.97. The van der Waals surface area contributed by atoms with Crippen molar-refractivity contribution in [3.63, 3.8) is 0 Å². The number of halogens is 1.